The number of methoxy groups -OCH3 is 3. The molecule has 3 aromatic heterocycles. The Morgan fingerprint density at radius 3 is 2.19 bits per heavy atom. The van der Waals surface area contributed by atoms with E-state index in [9.17, 15) is 9.59 Å². The molecule has 242 valence electrons. The summed E-state index contributed by atoms with van der Waals surface area (Å²) in [5, 5.41) is 4.40. The van der Waals surface area contributed by atoms with Crippen LogP contribution in [0.5, 0.6) is 17.2 Å². The summed E-state index contributed by atoms with van der Waals surface area (Å²) in [6, 6.07) is 9.24. The van der Waals surface area contributed by atoms with E-state index < -0.39 is 0 Å². The number of ether oxygens (including phenoxy) is 3. The number of carbonyl (C=O) groups excluding carboxylic acids is 2. The number of benzene rings is 2. The molecule has 47 heavy (non-hydrogen) atoms. The molecule has 0 spiro atoms. The fourth-order valence-corrected chi connectivity index (χ4v) is 6.60. The monoisotopic (exact) mass is 674 g/mol. The smallest absolute Gasteiger partial charge is 0.247 e. The molecule has 0 aliphatic carbocycles. The number of hydrogen-bond acceptors (Lipinski definition) is 8. The van der Waals surface area contributed by atoms with Gasteiger partial charge in [0, 0.05) is 85.9 Å². The molecule has 0 radical (unpaired) electrons. The molecule has 1 aliphatic heterocycles. The van der Waals surface area contributed by atoms with Gasteiger partial charge >= 0.3 is 0 Å². The number of imidazole rings is 1. The molecule has 0 unspecified atom stereocenters. The molecule has 0 atom stereocenters. The van der Waals surface area contributed by atoms with Gasteiger partial charge in [0.05, 0.1) is 54.0 Å². The minimum Gasteiger partial charge on any atom is -0.496 e. The van der Waals surface area contributed by atoms with E-state index in [-0.39, 0.29) is 11.8 Å². The number of pyridine rings is 2. The number of hydrogen-bond donors (Lipinski definition) is 1. The first-order valence-corrected chi connectivity index (χ1v) is 15.5. The van der Waals surface area contributed by atoms with E-state index in [4.69, 9.17) is 42.4 Å². The fourth-order valence-electron chi connectivity index (χ4n) is 5.89. The lowest BCUT2D eigenvalue weighted by molar-refractivity contribution is -0.129. The topological polar surface area (TPSA) is 111 Å². The number of fused-ring (bicyclic) bond motifs is 3. The molecular weight excluding hydrogens is 643 g/mol. The van der Waals surface area contributed by atoms with Crippen LogP contribution in [0.2, 0.25) is 10.0 Å². The van der Waals surface area contributed by atoms with Crippen LogP contribution in [0.3, 0.4) is 0 Å². The van der Waals surface area contributed by atoms with Crippen LogP contribution >= 0.6 is 23.2 Å². The summed E-state index contributed by atoms with van der Waals surface area (Å²) in [5.41, 5.74) is 5.24. The van der Waals surface area contributed by atoms with Crippen LogP contribution in [0.25, 0.3) is 38.9 Å². The van der Waals surface area contributed by atoms with Gasteiger partial charge in [-0.1, -0.05) is 29.8 Å². The van der Waals surface area contributed by atoms with Gasteiger partial charge in [0.1, 0.15) is 22.9 Å². The third-order valence-corrected chi connectivity index (χ3v) is 9.05. The van der Waals surface area contributed by atoms with E-state index in [0.29, 0.717) is 87.2 Å². The molecular formula is C34H32Cl2N6O5. The Bertz CT molecular complexity index is 2030. The minimum absolute atomic E-state index is 0.0358. The highest BCUT2D eigenvalue weighted by molar-refractivity contribution is 6.41. The summed E-state index contributed by atoms with van der Waals surface area (Å²) >= 11 is 13.6. The minimum atomic E-state index is -0.352. The molecule has 1 aliphatic rings. The fraction of sp³-hybridized carbons (Fsp3) is 0.235. The number of piperazine rings is 1. The highest BCUT2D eigenvalue weighted by Crippen LogP contribution is 2.48. The van der Waals surface area contributed by atoms with Gasteiger partial charge in [0.15, 0.2) is 0 Å². The van der Waals surface area contributed by atoms with E-state index in [1.54, 1.807) is 37.4 Å². The quantitative estimate of drug-likeness (QED) is 0.190. The van der Waals surface area contributed by atoms with E-state index in [2.05, 4.69) is 21.8 Å². The van der Waals surface area contributed by atoms with Crippen LogP contribution in [0, 0.1) is 0 Å². The van der Waals surface area contributed by atoms with Crippen LogP contribution in [-0.2, 0) is 9.59 Å². The van der Waals surface area contributed by atoms with Gasteiger partial charge in [-0.25, -0.2) is 4.98 Å². The predicted molar refractivity (Wildman–Crippen MR) is 184 cm³/mol. The van der Waals surface area contributed by atoms with Crippen molar-refractivity contribution >= 4 is 62.9 Å². The van der Waals surface area contributed by atoms with Crippen LogP contribution < -0.4 is 24.4 Å². The summed E-state index contributed by atoms with van der Waals surface area (Å²) in [4.78, 5) is 37.8. The molecule has 1 N–H and O–H groups in total. The Hall–Kier alpha value is -5.00. The van der Waals surface area contributed by atoms with Gasteiger partial charge in [0.2, 0.25) is 11.8 Å². The van der Waals surface area contributed by atoms with E-state index in [1.807, 2.05) is 34.9 Å². The second-order valence-electron chi connectivity index (χ2n) is 10.8. The van der Waals surface area contributed by atoms with Crippen molar-refractivity contribution in [2.24, 2.45) is 0 Å². The molecule has 13 heteroatoms. The summed E-state index contributed by atoms with van der Waals surface area (Å²) < 4.78 is 18.8. The Balaban J connectivity index is 1.49. The molecule has 1 saturated heterocycles. The predicted octanol–water partition coefficient (Wildman–Crippen LogP) is 6.34. The molecule has 2 amide bonds. The standard InChI is InChI=1S/C34H32Cl2N6O5/c1-6-30(44)39-24-14-21(27(45-3)16-26(24)41-11-9-40(10-12-41)19(2)43)23-15-25-20(18-38-23)13-22(34-37-7-8-42(25)34)31-32(35)28(46-4)17-29(47-5)33(31)36/h6-8,13-18H,1,9-12H2,2-5H3,(H,39,44). The highest BCUT2D eigenvalue weighted by Gasteiger charge is 2.25. The van der Waals surface area contributed by atoms with Crippen molar-refractivity contribution in [2.45, 2.75) is 6.92 Å². The molecule has 11 nitrogen and oxygen atoms in total. The lowest BCUT2D eigenvalue weighted by atomic mass is 10.0. The Kier molecular flexibility index (Phi) is 8.85. The van der Waals surface area contributed by atoms with Crippen molar-refractivity contribution in [3.63, 3.8) is 0 Å². The van der Waals surface area contributed by atoms with Crippen molar-refractivity contribution in [3.8, 4) is 39.6 Å². The third kappa shape index (κ3) is 5.77. The summed E-state index contributed by atoms with van der Waals surface area (Å²) in [5.74, 6) is 1.08. The van der Waals surface area contributed by atoms with Gasteiger partial charge < -0.3 is 29.3 Å². The van der Waals surface area contributed by atoms with Crippen molar-refractivity contribution in [2.75, 3.05) is 57.7 Å². The van der Waals surface area contributed by atoms with E-state index >= 15 is 0 Å². The van der Waals surface area contributed by atoms with Crippen LogP contribution in [0.4, 0.5) is 11.4 Å². The van der Waals surface area contributed by atoms with Crippen LogP contribution in [0.15, 0.2) is 61.6 Å². The second-order valence-corrected chi connectivity index (χ2v) is 11.6. The van der Waals surface area contributed by atoms with Crippen molar-refractivity contribution < 1.29 is 23.8 Å². The zero-order chi connectivity index (χ0) is 33.4. The zero-order valence-corrected chi connectivity index (χ0v) is 27.8. The zero-order valence-electron chi connectivity index (χ0n) is 26.3. The van der Waals surface area contributed by atoms with Gasteiger partial charge in [-0.15, -0.1) is 0 Å². The molecule has 1 fully saturated rings. The van der Waals surface area contributed by atoms with Gasteiger partial charge in [0.25, 0.3) is 0 Å². The van der Waals surface area contributed by atoms with Crippen LogP contribution in [-0.4, -0.2) is 78.6 Å². The maximum Gasteiger partial charge on any atom is 0.247 e. The van der Waals surface area contributed by atoms with E-state index in [0.717, 1.165) is 16.6 Å². The Labute approximate surface area is 281 Å². The Morgan fingerprint density at radius 2 is 1.57 bits per heavy atom. The average Bonchev–Trinajstić information content (AvgIpc) is 3.59. The number of aromatic nitrogens is 3. The Morgan fingerprint density at radius 1 is 0.894 bits per heavy atom. The van der Waals surface area contributed by atoms with Crippen molar-refractivity contribution in [1.29, 1.82) is 0 Å². The number of anilines is 2. The SMILES string of the molecule is C=CC(=O)Nc1cc(-c2cc3c(cn2)cc(-c2c(Cl)c(OC)cc(OC)c2Cl)c2nccn23)c(OC)cc1N1CCN(C(C)=O)CC1. The van der Waals surface area contributed by atoms with Crippen molar-refractivity contribution in [3.05, 3.63) is 71.6 Å². The van der Waals surface area contributed by atoms with Gasteiger partial charge in [-0.3, -0.25) is 19.0 Å². The number of nitrogens with zero attached hydrogens (tertiary/aromatic N) is 5. The number of nitrogens with one attached hydrogen (secondary N) is 1. The van der Waals surface area contributed by atoms with Gasteiger partial charge in [-0.2, -0.15) is 0 Å². The first kappa shape index (κ1) is 32.0. The number of halogens is 2. The van der Waals surface area contributed by atoms with Gasteiger partial charge in [-0.05, 0) is 24.3 Å². The molecule has 6 rings (SSSR count). The molecule has 0 bridgehead atoms. The highest BCUT2D eigenvalue weighted by atomic mass is 35.5. The first-order chi connectivity index (χ1) is 22.7. The van der Waals surface area contributed by atoms with Crippen molar-refractivity contribution in [1.82, 2.24) is 19.3 Å². The second kappa shape index (κ2) is 13.0. The van der Waals surface area contributed by atoms with Crippen LogP contribution in [0.1, 0.15) is 6.92 Å². The number of carbonyl (C=O) groups is 2. The third-order valence-electron chi connectivity index (χ3n) is 8.30. The maximum atomic E-state index is 12.5. The molecule has 2 aromatic carbocycles. The average molecular weight is 676 g/mol. The lowest BCUT2D eigenvalue weighted by Gasteiger charge is -2.36. The summed E-state index contributed by atoms with van der Waals surface area (Å²) in [6.07, 6.45) is 6.52. The number of rotatable bonds is 8. The number of amides is 2. The molecule has 4 heterocycles. The normalized spacial score (nSPS) is 13.1. The summed E-state index contributed by atoms with van der Waals surface area (Å²) in [7, 11) is 4.65. The molecule has 5 aromatic rings. The van der Waals surface area contributed by atoms with E-state index in [1.165, 1.54) is 20.3 Å². The molecule has 0 saturated carbocycles. The maximum absolute atomic E-state index is 12.5. The lowest BCUT2D eigenvalue weighted by Crippen LogP contribution is -2.48. The first-order valence-electron chi connectivity index (χ1n) is 14.7. The summed E-state index contributed by atoms with van der Waals surface area (Å²) in [6.45, 7) is 7.52. The largest absolute Gasteiger partial charge is 0.496 e.